The first-order chi connectivity index (χ1) is 14.2. The first-order valence-electron chi connectivity index (χ1n) is 10.2. The maximum atomic E-state index is 8.93. The van der Waals surface area contributed by atoms with Crippen LogP contribution in [0.15, 0.2) is 24.4 Å². The van der Waals surface area contributed by atoms with Gasteiger partial charge in [-0.25, -0.2) is 0 Å². The molecule has 3 atom stereocenters. The Hall–Kier alpha value is -3.12. The summed E-state index contributed by atoms with van der Waals surface area (Å²) in [5.41, 5.74) is 1.93. The molecule has 5 rings (SSSR count). The van der Waals surface area contributed by atoms with E-state index in [1.165, 1.54) is 12.8 Å². The number of hydrogen-bond donors (Lipinski definition) is 3. The third-order valence-corrected chi connectivity index (χ3v) is 6.06. The molecule has 3 N–H and O–H groups in total. The number of aromatic nitrogens is 5. The second-order valence-electron chi connectivity index (χ2n) is 8.01. The van der Waals surface area contributed by atoms with Crippen LogP contribution < -0.4 is 10.6 Å². The smallest absolute Gasteiger partial charge is 0.232 e. The van der Waals surface area contributed by atoms with E-state index in [2.05, 4.69) is 36.9 Å². The number of nitrogens with one attached hydrogen (secondary N) is 3. The van der Waals surface area contributed by atoms with Gasteiger partial charge in [0.15, 0.2) is 11.6 Å². The van der Waals surface area contributed by atoms with Crippen LogP contribution in [0.3, 0.4) is 0 Å². The normalized spacial score (nSPS) is 23.9. The molecule has 0 spiro atoms. The standard InChI is InChI=1S/C20H25N9/c1-13-10-18(27-26-13)24-20-25-19(17-4-2-8-22-29(17)20)23-14-11-15-5-6-16(12-14)28(15)9-3-7-21/h2,4,8,10,14-16,23H,3,5-6,9,11-12H2,1H3,(H2,24,25,26,27)/t14-,15-,16?/m0/s1. The highest BCUT2D eigenvalue weighted by atomic mass is 15.4. The number of rotatable bonds is 6. The van der Waals surface area contributed by atoms with Crippen molar-refractivity contribution in [3.8, 4) is 6.07 Å². The Bertz CT molecular complexity index is 1030. The van der Waals surface area contributed by atoms with Gasteiger partial charge in [-0.05, 0) is 44.7 Å². The third-order valence-electron chi connectivity index (χ3n) is 6.06. The third kappa shape index (κ3) is 3.40. The monoisotopic (exact) mass is 391 g/mol. The molecular formula is C20H25N9. The van der Waals surface area contributed by atoms with Gasteiger partial charge in [-0.15, -0.1) is 0 Å². The molecule has 2 fully saturated rings. The molecule has 0 amide bonds. The zero-order valence-electron chi connectivity index (χ0n) is 16.5. The van der Waals surface area contributed by atoms with Gasteiger partial charge in [0, 0.05) is 49.0 Å². The van der Waals surface area contributed by atoms with E-state index in [1.54, 1.807) is 6.20 Å². The van der Waals surface area contributed by atoms with Crippen molar-refractivity contribution in [3.63, 3.8) is 0 Å². The Morgan fingerprint density at radius 1 is 1.31 bits per heavy atom. The average Bonchev–Trinajstić information content (AvgIpc) is 3.35. The topological polar surface area (TPSA) is 110 Å². The van der Waals surface area contributed by atoms with Crippen LogP contribution in [0.1, 0.15) is 37.8 Å². The summed E-state index contributed by atoms with van der Waals surface area (Å²) in [6.45, 7) is 2.86. The molecule has 2 bridgehead atoms. The van der Waals surface area contributed by atoms with E-state index < -0.39 is 0 Å². The Kier molecular flexibility index (Phi) is 4.56. The summed E-state index contributed by atoms with van der Waals surface area (Å²) in [6, 6.07) is 9.69. The number of H-pyrrole nitrogens is 1. The highest BCUT2D eigenvalue weighted by Gasteiger charge is 2.40. The highest BCUT2D eigenvalue weighted by molar-refractivity contribution is 5.73. The Labute approximate surface area is 169 Å². The summed E-state index contributed by atoms with van der Waals surface area (Å²) in [7, 11) is 0. The van der Waals surface area contributed by atoms with Crippen molar-refractivity contribution >= 4 is 23.1 Å². The van der Waals surface area contributed by atoms with Gasteiger partial charge in [-0.2, -0.15) is 25.0 Å². The maximum absolute atomic E-state index is 8.93. The van der Waals surface area contributed by atoms with E-state index in [4.69, 9.17) is 10.2 Å². The van der Waals surface area contributed by atoms with Gasteiger partial charge in [-0.1, -0.05) is 0 Å². The lowest BCUT2D eigenvalue weighted by molar-refractivity contribution is 0.136. The van der Waals surface area contributed by atoms with Crippen LogP contribution in [0.4, 0.5) is 17.6 Å². The number of hydrogen-bond acceptors (Lipinski definition) is 7. The van der Waals surface area contributed by atoms with Crippen molar-refractivity contribution in [2.45, 2.75) is 57.2 Å². The van der Waals surface area contributed by atoms with Crippen molar-refractivity contribution in [2.75, 3.05) is 17.2 Å². The van der Waals surface area contributed by atoms with E-state index in [0.29, 0.717) is 30.5 Å². The number of imidazole rings is 1. The lowest BCUT2D eigenvalue weighted by atomic mass is 9.97. The molecule has 9 nitrogen and oxygen atoms in total. The van der Waals surface area contributed by atoms with Crippen LogP contribution in [0.2, 0.25) is 0 Å². The molecule has 2 aliphatic heterocycles. The number of nitriles is 1. The lowest BCUT2D eigenvalue weighted by Gasteiger charge is -2.38. The second kappa shape index (κ2) is 7.37. The first-order valence-corrected chi connectivity index (χ1v) is 10.2. The maximum Gasteiger partial charge on any atom is 0.232 e. The van der Waals surface area contributed by atoms with Gasteiger partial charge in [0.25, 0.3) is 0 Å². The predicted molar refractivity (Wildman–Crippen MR) is 110 cm³/mol. The molecule has 150 valence electrons. The van der Waals surface area contributed by atoms with E-state index in [9.17, 15) is 0 Å². The molecule has 9 heteroatoms. The van der Waals surface area contributed by atoms with Gasteiger partial charge in [0.1, 0.15) is 5.52 Å². The molecule has 3 aromatic heterocycles. The summed E-state index contributed by atoms with van der Waals surface area (Å²) in [6.07, 6.45) is 7.00. The number of aryl methyl sites for hydroxylation is 1. The number of fused-ring (bicyclic) bond motifs is 3. The molecule has 2 saturated heterocycles. The minimum Gasteiger partial charge on any atom is -0.365 e. The molecule has 2 aliphatic rings. The summed E-state index contributed by atoms with van der Waals surface area (Å²) < 4.78 is 1.81. The fourth-order valence-electron chi connectivity index (χ4n) is 4.84. The van der Waals surface area contributed by atoms with Gasteiger partial charge < -0.3 is 10.6 Å². The number of aromatic amines is 1. The molecular weight excluding hydrogens is 366 g/mol. The fourth-order valence-corrected chi connectivity index (χ4v) is 4.84. The Morgan fingerprint density at radius 3 is 2.86 bits per heavy atom. The summed E-state index contributed by atoms with van der Waals surface area (Å²) in [4.78, 5) is 7.34. The SMILES string of the molecule is Cc1cc(Nc2nc(N[C@@H]3CC4CC[C@@H](C3)N4CCC#N)c3cccnn23)n[nH]1. The second-order valence-corrected chi connectivity index (χ2v) is 8.01. The number of piperidine rings is 1. The van der Waals surface area contributed by atoms with Crippen LogP contribution in [0.5, 0.6) is 0 Å². The molecule has 3 aromatic rings. The van der Waals surface area contributed by atoms with Gasteiger partial charge in [0.2, 0.25) is 5.95 Å². The van der Waals surface area contributed by atoms with Gasteiger partial charge in [-0.3, -0.25) is 10.00 Å². The summed E-state index contributed by atoms with van der Waals surface area (Å²) >= 11 is 0. The number of nitrogens with zero attached hydrogens (tertiary/aromatic N) is 6. The molecule has 5 heterocycles. The zero-order chi connectivity index (χ0) is 19.8. The van der Waals surface area contributed by atoms with Crippen LogP contribution in [0.25, 0.3) is 5.52 Å². The van der Waals surface area contributed by atoms with Crippen molar-refractivity contribution < 1.29 is 0 Å². The van der Waals surface area contributed by atoms with Gasteiger partial charge >= 0.3 is 0 Å². The minimum absolute atomic E-state index is 0.380. The van der Waals surface area contributed by atoms with E-state index >= 15 is 0 Å². The molecule has 0 aliphatic carbocycles. The zero-order valence-corrected chi connectivity index (χ0v) is 16.5. The number of anilines is 3. The van der Waals surface area contributed by atoms with Crippen molar-refractivity contribution in [1.82, 2.24) is 29.7 Å². The fraction of sp³-hybridized carbons (Fsp3) is 0.500. The predicted octanol–water partition coefficient (Wildman–Crippen LogP) is 2.83. The van der Waals surface area contributed by atoms with Crippen LogP contribution in [-0.2, 0) is 0 Å². The average molecular weight is 391 g/mol. The largest absolute Gasteiger partial charge is 0.365 e. The van der Waals surface area contributed by atoms with Crippen LogP contribution in [-0.4, -0.2) is 54.4 Å². The van der Waals surface area contributed by atoms with Crippen LogP contribution >= 0.6 is 0 Å². The highest BCUT2D eigenvalue weighted by Crippen LogP contribution is 2.37. The van der Waals surface area contributed by atoms with Crippen molar-refractivity contribution in [1.29, 1.82) is 5.26 Å². The van der Waals surface area contributed by atoms with E-state index in [1.807, 2.05) is 29.6 Å². The first kappa shape index (κ1) is 17.9. The Morgan fingerprint density at radius 2 is 2.14 bits per heavy atom. The Balaban J connectivity index is 1.36. The molecule has 0 aromatic carbocycles. The summed E-state index contributed by atoms with van der Waals surface area (Å²) in [5.74, 6) is 2.21. The lowest BCUT2D eigenvalue weighted by Crippen LogP contribution is -2.47. The minimum atomic E-state index is 0.380. The molecule has 1 unspecified atom stereocenters. The summed E-state index contributed by atoms with van der Waals surface area (Å²) in [5, 5.41) is 27.5. The molecule has 29 heavy (non-hydrogen) atoms. The van der Waals surface area contributed by atoms with E-state index in [-0.39, 0.29) is 0 Å². The van der Waals surface area contributed by atoms with Crippen LogP contribution in [0, 0.1) is 18.3 Å². The van der Waals surface area contributed by atoms with Crippen molar-refractivity contribution in [2.24, 2.45) is 0 Å². The molecule has 0 radical (unpaired) electrons. The van der Waals surface area contributed by atoms with E-state index in [0.717, 1.165) is 42.2 Å². The molecule has 0 saturated carbocycles. The quantitative estimate of drug-likeness (QED) is 0.593. The van der Waals surface area contributed by atoms with Gasteiger partial charge in [0.05, 0.1) is 6.07 Å². The van der Waals surface area contributed by atoms with Crippen molar-refractivity contribution in [3.05, 3.63) is 30.1 Å².